The molecule has 2 heterocycles. The Balaban J connectivity index is 1.71. The number of ether oxygens (including phenoxy) is 2. The van der Waals surface area contributed by atoms with Gasteiger partial charge in [0.05, 0.1) is 11.8 Å². The van der Waals surface area contributed by atoms with E-state index in [9.17, 15) is 9.59 Å². The fourth-order valence-electron chi connectivity index (χ4n) is 4.50. The Morgan fingerprint density at radius 2 is 1.08 bits per heavy atom. The first-order chi connectivity index (χ1) is 11.5. The van der Waals surface area contributed by atoms with Crippen molar-refractivity contribution in [2.24, 2.45) is 11.8 Å². The fraction of sp³-hybridized carbons (Fsp3) is 0.300. The maximum absolute atomic E-state index is 12.5. The van der Waals surface area contributed by atoms with Crippen molar-refractivity contribution in [1.82, 2.24) is 0 Å². The summed E-state index contributed by atoms with van der Waals surface area (Å²) in [6.07, 6.45) is 0. The predicted molar refractivity (Wildman–Crippen MR) is 86.1 cm³/mol. The second-order valence-corrected chi connectivity index (χ2v) is 7.03. The third-order valence-electron chi connectivity index (χ3n) is 5.56. The van der Waals surface area contributed by atoms with Gasteiger partial charge in [0.2, 0.25) is 0 Å². The van der Waals surface area contributed by atoms with Gasteiger partial charge in [0.1, 0.15) is 11.5 Å². The first-order valence-corrected chi connectivity index (χ1v) is 8.19. The minimum atomic E-state index is -0.439. The minimum Gasteiger partial charge on any atom is -0.426 e. The van der Waals surface area contributed by atoms with Crippen LogP contribution in [0.15, 0.2) is 36.4 Å². The second kappa shape index (κ2) is 4.47. The van der Waals surface area contributed by atoms with Crippen molar-refractivity contribution in [2.45, 2.75) is 25.7 Å². The molecule has 0 radical (unpaired) electrons. The van der Waals surface area contributed by atoms with E-state index in [1.165, 1.54) is 0 Å². The van der Waals surface area contributed by atoms with Crippen molar-refractivity contribution in [3.05, 3.63) is 58.7 Å². The highest BCUT2D eigenvalue weighted by Crippen LogP contribution is 2.64. The first kappa shape index (κ1) is 13.8. The van der Waals surface area contributed by atoms with Gasteiger partial charge in [0, 0.05) is 11.8 Å². The molecule has 2 aliphatic heterocycles. The lowest BCUT2D eigenvalue weighted by atomic mass is 9.51. The molecule has 1 aliphatic carbocycles. The van der Waals surface area contributed by atoms with E-state index in [0.717, 1.165) is 22.3 Å². The number of benzene rings is 2. The summed E-state index contributed by atoms with van der Waals surface area (Å²) in [6, 6.07) is 11.7. The number of esters is 2. The average molecular weight is 320 g/mol. The summed E-state index contributed by atoms with van der Waals surface area (Å²) >= 11 is 0. The van der Waals surface area contributed by atoms with Crippen LogP contribution in [0.1, 0.15) is 34.1 Å². The molecular formula is C20H16O4. The Kier molecular flexibility index (Phi) is 2.57. The predicted octanol–water partition coefficient (Wildman–Crippen LogP) is 3.25. The molecule has 5 rings (SSSR count). The molecule has 2 aromatic rings. The third-order valence-corrected chi connectivity index (χ3v) is 5.56. The van der Waals surface area contributed by atoms with Crippen molar-refractivity contribution in [2.75, 3.05) is 0 Å². The van der Waals surface area contributed by atoms with Crippen LogP contribution in [0.25, 0.3) is 0 Å². The van der Waals surface area contributed by atoms with E-state index in [4.69, 9.17) is 9.47 Å². The lowest BCUT2D eigenvalue weighted by molar-refractivity contribution is -0.165. The Labute approximate surface area is 139 Å². The van der Waals surface area contributed by atoms with Crippen LogP contribution in [0.5, 0.6) is 11.5 Å². The normalized spacial score (nSPS) is 29.2. The topological polar surface area (TPSA) is 52.6 Å². The molecule has 4 nitrogen and oxygen atoms in total. The van der Waals surface area contributed by atoms with E-state index < -0.39 is 11.8 Å². The molecule has 0 unspecified atom stereocenters. The summed E-state index contributed by atoms with van der Waals surface area (Å²) in [6.45, 7) is 4.05. The molecule has 4 atom stereocenters. The number of fused-ring (bicyclic) bond motifs is 8. The van der Waals surface area contributed by atoms with E-state index in [1.54, 1.807) is 0 Å². The zero-order valence-corrected chi connectivity index (χ0v) is 13.4. The second-order valence-electron chi connectivity index (χ2n) is 7.03. The van der Waals surface area contributed by atoms with Crippen molar-refractivity contribution < 1.29 is 19.1 Å². The molecule has 120 valence electrons. The molecule has 0 spiro atoms. The molecule has 0 amide bonds. The van der Waals surface area contributed by atoms with Crippen LogP contribution in [0.4, 0.5) is 0 Å². The van der Waals surface area contributed by atoms with E-state index >= 15 is 0 Å². The van der Waals surface area contributed by atoms with Gasteiger partial charge < -0.3 is 9.47 Å². The minimum absolute atomic E-state index is 0.0143. The molecule has 24 heavy (non-hydrogen) atoms. The van der Waals surface area contributed by atoms with E-state index in [0.29, 0.717) is 11.5 Å². The summed E-state index contributed by atoms with van der Waals surface area (Å²) < 4.78 is 11.0. The van der Waals surface area contributed by atoms with Crippen LogP contribution < -0.4 is 9.47 Å². The molecule has 0 saturated heterocycles. The summed E-state index contributed by atoms with van der Waals surface area (Å²) in [5.74, 6) is -0.289. The Morgan fingerprint density at radius 1 is 0.667 bits per heavy atom. The van der Waals surface area contributed by atoms with Crippen LogP contribution >= 0.6 is 0 Å². The lowest BCUT2D eigenvalue weighted by Gasteiger charge is -2.53. The van der Waals surface area contributed by atoms with Crippen LogP contribution in [-0.2, 0) is 9.59 Å². The zero-order valence-electron chi connectivity index (χ0n) is 13.4. The van der Waals surface area contributed by atoms with Gasteiger partial charge in [-0.25, -0.2) is 0 Å². The summed E-state index contributed by atoms with van der Waals surface area (Å²) in [5, 5.41) is 0. The van der Waals surface area contributed by atoms with Gasteiger partial charge in [-0.3, -0.25) is 9.59 Å². The van der Waals surface area contributed by atoms with Crippen LogP contribution in [0, 0.1) is 25.7 Å². The summed E-state index contributed by atoms with van der Waals surface area (Å²) in [7, 11) is 0. The molecule has 0 aromatic heterocycles. The Bertz CT molecular complexity index is 838. The molecule has 0 bridgehead atoms. The van der Waals surface area contributed by atoms with Gasteiger partial charge in [-0.1, -0.05) is 35.4 Å². The third kappa shape index (κ3) is 1.63. The zero-order chi connectivity index (χ0) is 16.6. The van der Waals surface area contributed by atoms with E-state index in [1.807, 2.05) is 38.1 Å². The lowest BCUT2D eigenvalue weighted by Crippen LogP contribution is -2.57. The smallest absolute Gasteiger partial charge is 0.315 e. The van der Waals surface area contributed by atoms with Crippen molar-refractivity contribution >= 4 is 11.9 Å². The van der Waals surface area contributed by atoms with Crippen LogP contribution in [0.3, 0.4) is 0 Å². The van der Waals surface area contributed by atoms with Gasteiger partial charge in [0.25, 0.3) is 0 Å². The van der Waals surface area contributed by atoms with Gasteiger partial charge >= 0.3 is 11.9 Å². The largest absolute Gasteiger partial charge is 0.426 e. The maximum atomic E-state index is 12.5. The number of rotatable bonds is 0. The quantitative estimate of drug-likeness (QED) is 0.552. The molecule has 0 N–H and O–H groups in total. The van der Waals surface area contributed by atoms with Crippen molar-refractivity contribution in [3.8, 4) is 11.5 Å². The number of carbonyl (C=O) groups excluding carboxylic acids is 2. The number of carbonyl (C=O) groups is 2. The summed E-state index contributed by atoms with van der Waals surface area (Å²) in [5.41, 5.74) is 4.31. The first-order valence-electron chi connectivity index (χ1n) is 8.19. The SMILES string of the molecule is Cc1ccc2c(c1)[C@H]1[C@@H](C(=O)O2)[C@@H]2C(=O)Oc3ccc(C)cc3[C@@H]21. The van der Waals surface area contributed by atoms with Gasteiger partial charge in [-0.15, -0.1) is 0 Å². The number of hydrogen-bond acceptors (Lipinski definition) is 4. The molecule has 4 heteroatoms. The summed E-state index contributed by atoms with van der Waals surface area (Å²) in [4.78, 5) is 24.9. The molecule has 2 aromatic carbocycles. The number of aryl methyl sites for hydroxylation is 2. The van der Waals surface area contributed by atoms with Gasteiger partial charge in [-0.2, -0.15) is 0 Å². The van der Waals surface area contributed by atoms with Gasteiger partial charge in [-0.05, 0) is 37.1 Å². The van der Waals surface area contributed by atoms with Gasteiger partial charge in [0.15, 0.2) is 0 Å². The van der Waals surface area contributed by atoms with Crippen LogP contribution in [0.2, 0.25) is 0 Å². The Morgan fingerprint density at radius 3 is 1.50 bits per heavy atom. The molecule has 1 saturated carbocycles. The van der Waals surface area contributed by atoms with Crippen molar-refractivity contribution in [1.29, 1.82) is 0 Å². The molecular weight excluding hydrogens is 304 g/mol. The van der Waals surface area contributed by atoms with E-state index in [-0.39, 0.29) is 23.8 Å². The van der Waals surface area contributed by atoms with Crippen LogP contribution in [-0.4, -0.2) is 11.9 Å². The van der Waals surface area contributed by atoms with E-state index in [2.05, 4.69) is 12.1 Å². The standard InChI is InChI=1S/C20H16O4/c1-9-3-5-13-11(7-9)15-16-12-8-10(2)4-6-14(12)24-20(22)18(16)17(15)19(21)23-13/h3-8,15-18H,1-2H3/t15-,16-,17-,18-/m1/s1. The number of hydrogen-bond donors (Lipinski definition) is 0. The van der Waals surface area contributed by atoms with Crippen molar-refractivity contribution in [3.63, 3.8) is 0 Å². The molecule has 3 aliphatic rings. The Hall–Kier alpha value is -2.62. The average Bonchev–Trinajstić information content (AvgIpc) is 2.50. The highest BCUT2D eigenvalue weighted by atomic mass is 16.5. The fourth-order valence-corrected chi connectivity index (χ4v) is 4.50. The molecule has 1 fully saturated rings. The highest BCUT2D eigenvalue weighted by molar-refractivity contribution is 5.92. The maximum Gasteiger partial charge on any atom is 0.315 e. The monoisotopic (exact) mass is 320 g/mol. The highest BCUT2D eigenvalue weighted by Gasteiger charge is 2.64.